The van der Waals surface area contributed by atoms with E-state index < -0.39 is 12.1 Å². The monoisotopic (exact) mass is 189 g/mol. The van der Waals surface area contributed by atoms with Gasteiger partial charge in [-0.3, -0.25) is 14.9 Å². The number of carbonyl (C=O) groups excluding carboxylic acids is 3. The van der Waals surface area contributed by atoms with Crippen LogP contribution in [0.15, 0.2) is 0 Å². The van der Waals surface area contributed by atoms with Crippen LogP contribution in [0, 0.1) is 0 Å². The van der Waals surface area contributed by atoms with Gasteiger partial charge in [0.25, 0.3) is 0 Å². The lowest BCUT2D eigenvalue weighted by Gasteiger charge is -2.01. The van der Waals surface area contributed by atoms with E-state index in [2.05, 4.69) is 21.1 Å². The molecule has 4 N–H and O–H groups in total. The smallest absolute Gasteiger partial charge is 0.375 e. The molecule has 2 amide bonds. The largest absolute Gasteiger partial charge is 0.412 e. The van der Waals surface area contributed by atoms with Crippen LogP contribution in [0.25, 0.3) is 0 Å². The van der Waals surface area contributed by atoms with Gasteiger partial charge in [-0.25, -0.2) is 4.79 Å². The fourth-order valence-electron chi connectivity index (χ4n) is 0.515. The van der Waals surface area contributed by atoms with Crippen molar-refractivity contribution in [1.82, 2.24) is 10.6 Å². The number of carbonyl (C=O) groups is 3. The highest BCUT2D eigenvalue weighted by Gasteiger charge is 2.06. The zero-order valence-corrected chi connectivity index (χ0v) is 7.12. The zero-order valence-electron chi connectivity index (χ0n) is 7.12. The Hall–Kier alpha value is -1.63. The molecular formula is C6H11N3O4. The van der Waals surface area contributed by atoms with Gasteiger partial charge in [0.05, 0.1) is 13.1 Å². The molecule has 0 atom stereocenters. The highest BCUT2D eigenvalue weighted by molar-refractivity contribution is 5.85. The zero-order chi connectivity index (χ0) is 10.3. The van der Waals surface area contributed by atoms with Crippen molar-refractivity contribution < 1.29 is 19.1 Å². The second-order valence-electron chi connectivity index (χ2n) is 2.07. The van der Waals surface area contributed by atoms with E-state index in [1.54, 1.807) is 0 Å². The van der Waals surface area contributed by atoms with Crippen LogP contribution < -0.4 is 16.4 Å². The molecule has 0 aliphatic heterocycles. The van der Waals surface area contributed by atoms with Gasteiger partial charge in [-0.2, -0.15) is 0 Å². The molecule has 7 heteroatoms. The first kappa shape index (κ1) is 11.4. The van der Waals surface area contributed by atoms with Crippen LogP contribution in [0.3, 0.4) is 0 Å². The van der Waals surface area contributed by atoms with E-state index in [-0.39, 0.29) is 19.0 Å². The van der Waals surface area contributed by atoms with Crippen molar-refractivity contribution >= 4 is 18.0 Å². The molecule has 74 valence electrons. The minimum absolute atomic E-state index is 0.0235. The van der Waals surface area contributed by atoms with Crippen LogP contribution in [0.2, 0.25) is 0 Å². The Labute approximate surface area is 74.6 Å². The number of primary amides is 1. The number of nitrogens with two attached hydrogens (primary N) is 1. The molecule has 0 bridgehead atoms. The molecule has 0 spiro atoms. The van der Waals surface area contributed by atoms with Gasteiger partial charge in [0.2, 0.25) is 5.91 Å². The van der Waals surface area contributed by atoms with E-state index in [9.17, 15) is 14.4 Å². The van der Waals surface area contributed by atoms with Crippen LogP contribution in [0.4, 0.5) is 4.79 Å². The number of nitrogens with one attached hydrogen (secondary N) is 2. The summed E-state index contributed by atoms with van der Waals surface area (Å²) in [6.07, 6.45) is -1.16. The normalized spacial score (nSPS) is 9.00. The summed E-state index contributed by atoms with van der Waals surface area (Å²) in [5.74, 6) is -1.09. The molecule has 7 nitrogen and oxygen atoms in total. The van der Waals surface area contributed by atoms with E-state index in [1.807, 2.05) is 0 Å². The molecule has 0 aliphatic rings. The average Bonchev–Trinajstić information content (AvgIpc) is 2.02. The summed E-state index contributed by atoms with van der Waals surface area (Å²) in [4.78, 5) is 31.2. The Morgan fingerprint density at radius 3 is 2.38 bits per heavy atom. The second-order valence-corrected chi connectivity index (χ2v) is 2.07. The van der Waals surface area contributed by atoms with Crippen LogP contribution in [0.5, 0.6) is 0 Å². The molecular weight excluding hydrogens is 178 g/mol. The number of amides is 2. The predicted molar refractivity (Wildman–Crippen MR) is 42.6 cm³/mol. The molecule has 0 aromatic carbocycles. The molecule has 0 aromatic rings. The topological polar surface area (TPSA) is 111 Å². The fourth-order valence-corrected chi connectivity index (χ4v) is 0.515. The predicted octanol–water partition coefficient (Wildman–Crippen LogP) is -2.06. The van der Waals surface area contributed by atoms with Crippen molar-refractivity contribution in [2.45, 2.75) is 0 Å². The van der Waals surface area contributed by atoms with E-state index in [0.29, 0.717) is 0 Å². The maximum Gasteiger partial charge on any atom is 0.412 e. The van der Waals surface area contributed by atoms with Crippen molar-refractivity contribution in [1.29, 1.82) is 0 Å². The summed E-state index contributed by atoms with van der Waals surface area (Å²) < 4.78 is 3.97. The van der Waals surface area contributed by atoms with Gasteiger partial charge >= 0.3 is 12.1 Å². The highest BCUT2D eigenvalue weighted by atomic mass is 16.6. The average molecular weight is 189 g/mol. The third-order valence-electron chi connectivity index (χ3n) is 1.05. The number of rotatable bonds is 4. The molecule has 0 rings (SSSR count). The van der Waals surface area contributed by atoms with Crippen molar-refractivity contribution in [3.8, 4) is 0 Å². The first-order valence-corrected chi connectivity index (χ1v) is 3.47. The number of hydrogen-bond acceptors (Lipinski definition) is 5. The summed E-state index contributed by atoms with van der Waals surface area (Å²) in [6.45, 7) is -0.263. The van der Waals surface area contributed by atoms with Crippen molar-refractivity contribution in [3.05, 3.63) is 0 Å². The first-order chi connectivity index (χ1) is 6.06. The molecule has 0 fully saturated rings. The van der Waals surface area contributed by atoms with Gasteiger partial charge in [-0.1, -0.05) is 0 Å². The number of ether oxygens (including phenoxy) is 1. The third-order valence-corrected chi connectivity index (χ3v) is 1.05. The van der Waals surface area contributed by atoms with Crippen molar-refractivity contribution in [3.63, 3.8) is 0 Å². The van der Waals surface area contributed by atoms with Crippen molar-refractivity contribution in [2.75, 3.05) is 20.1 Å². The summed E-state index contributed by atoms with van der Waals surface area (Å²) in [7, 11) is 1.46. The van der Waals surface area contributed by atoms with Gasteiger partial charge in [0, 0.05) is 7.05 Å². The van der Waals surface area contributed by atoms with Gasteiger partial charge in [0.1, 0.15) is 0 Å². The van der Waals surface area contributed by atoms with Gasteiger partial charge in [-0.15, -0.1) is 0 Å². The van der Waals surface area contributed by atoms with Crippen LogP contribution in [0.1, 0.15) is 0 Å². The van der Waals surface area contributed by atoms with E-state index in [1.165, 1.54) is 7.05 Å². The molecule has 0 saturated heterocycles. The van der Waals surface area contributed by atoms with E-state index in [0.717, 1.165) is 0 Å². The molecule has 0 heterocycles. The lowest BCUT2D eigenvalue weighted by atomic mass is 10.5. The molecule has 0 saturated carbocycles. The van der Waals surface area contributed by atoms with Gasteiger partial charge in [0.15, 0.2) is 0 Å². The Morgan fingerprint density at radius 1 is 1.31 bits per heavy atom. The second kappa shape index (κ2) is 5.95. The quantitative estimate of drug-likeness (QED) is 0.348. The highest BCUT2D eigenvalue weighted by Crippen LogP contribution is 1.75. The molecule has 0 unspecified atom stereocenters. The minimum Gasteiger partial charge on any atom is -0.375 e. The molecule has 0 aromatic heterocycles. The SMILES string of the molecule is CNC(=O)CNCC(=O)OC(N)=O. The Balaban J connectivity index is 3.48. The number of likely N-dealkylation sites (N-methyl/N-ethyl adjacent to an activating group) is 1. The maximum atomic E-state index is 10.6. The summed E-state index contributed by atoms with van der Waals surface area (Å²) in [5.41, 5.74) is 4.56. The Morgan fingerprint density at radius 2 is 1.92 bits per heavy atom. The third kappa shape index (κ3) is 6.76. The Kier molecular flexibility index (Phi) is 5.20. The summed E-state index contributed by atoms with van der Waals surface area (Å²) in [5, 5.41) is 4.78. The van der Waals surface area contributed by atoms with Crippen LogP contribution >= 0.6 is 0 Å². The van der Waals surface area contributed by atoms with E-state index >= 15 is 0 Å². The van der Waals surface area contributed by atoms with Crippen LogP contribution in [-0.4, -0.2) is 38.1 Å². The molecule has 0 aliphatic carbocycles. The standard InChI is InChI=1S/C6H11N3O4/c1-8-4(10)2-9-3-5(11)13-6(7)12/h9H,2-3H2,1H3,(H2,7,12)(H,8,10). The Bertz CT molecular complexity index is 216. The number of esters is 1. The minimum atomic E-state index is -1.16. The van der Waals surface area contributed by atoms with Gasteiger partial charge in [-0.05, 0) is 0 Å². The van der Waals surface area contributed by atoms with E-state index in [4.69, 9.17) is 0 Å². The van der Waals surface area contributed by atoms with Crippen molar-refractivity contribution in [2.24, 2.45) is 5.73 Å². The van der Waals surface area contributed by atoms with Crippen LogP contribution in [-0.2, 0) is 14.3 Å². The summed E-state index contributed by atoms with van der Waals surface area (Å²) >= 11 is 0. The lowest BCUT2D eigenvalue weighted by Crippen LogP contribution is -2.35. The number of hydrogen-bond donors (Lipinski definition) is 3. The van der Waals surface area contributed by atoms with Gasteiger partial charge < -0.3 is 15.8 Å². The lowest BCUT2D eigenvalue weighted by molar-refractivity contribution is -0.136. The molecule has 13 heavy (non-hydrogen) atoms. The maximum absolute atomic E-state index is 10.6. The fraction of sp³-hybridized carbons (Fsp3) is 0.500. The first-order valence-electron chi connectivity index (χ1n) is 3.47. The molecule has 0 radical (unpaired) electrons. The summed E-state index contributed by atoms with van der Waals surface area (Å²) in [6, 6.07) is 0.